The van der Waals surface area contributed by atoms with Crippen molar-refractivity contribution in [1.82, 2.24) is 10.2 Å². The summed E-state index contributed by atoms with van der Waals surface area (Å²) >= 11 is 0. The number of hydrogen-bond acceptors (Lipinski definition) is 5. The third-order valence-electron chi connectivity index (χ3n) is 4.11. The van der Waals surface area contributed by atoms with Crippen molar-refractivity contribution < 1.29 is 19.6 Å². The van der Waals surface area contributed by atoms with Crippen molar-refractivity contribution >= 4 is 17.5 Å². The normalized spacial score (nSPS) is 15.1. The highest BCUT2D eigenvalue weighted by molar-refractivity contribution is 5.94. The number of aliphatic hydroxyl groups excluding tert-OH is 1. The van der Waals surface area contributed by atoms with Gasteiger partial charge in [-0.3, -0.25) is 19.7 Å². The molecule has 0 bridgehead atoms. The minimum Gasteiger partial charge on any atom is -0.396 e. The first-order chi connectivity index (χ1) is 11.5. The fourth-order valence-corrected chi connectivity index (χ4v) is 2.69. The average Bonchev–Trinajstić information content (AvgIpc) is 2.61. The number of non-ortho nitro benzene ring substituents is 1. The Balaban J connectivity index is 1.86. The number of amides is 2. The summed E-state index contributed by atoms with van der Waals surface area (Å²) in [6, 6.07) is 5.53. The van der Waals surface area contributed by atoms with E-state index in [0.29, 0.717) is 44.5 Å². The molecular formula is C16H21N3O5. The van der Waals surface area contributed by atoms with E-state index in [1.54, 1.807) is 4.90 Å². The maximum atomic E-state index is 12.4. The summed E-state index contributed by atoms with van der Waals surface area (Å²) in [5.74, 6) is -0.334. The van der Waals surface area contributed by atoms with Crippen LogP contribution in [-0.2, 0) is 4.79 Å². The van der Waals surface area contributed by atoms with Crippen molar-refractivity contribution in [2.45, 2.75) is 19.3 Å². The first-order valence-electron chi connectivity index (χ1n) is 7.95. The fraction of sp³-hybridized carbons (Fsp3) is 0.500. The lowest BCUT2D eigenvalue weighted by Gasteiger charge is -2.31. The van der Waals surface area contributed by atoms with E-state index < -0.39 is 4.92 Å². The molecule has 2 rings (SSSR count). The van der Waals surface area contributed by atoms with E-state index in [4.69, 9.17) is 5.11 Å². The Hall–Kier alpha value is -2.48. The molecule has 1 aromatic carbocycles. The zero-order valence-corrected chi connectivity index (χ0v) is 13.3. The highest BCUT2D eigenvalue weighted by Gasteiger charge is 2.27. The maximum absolute atomic E-state index is 12.4. The Morgan fingerprint density at radius 2 is 1.88 bits per heavy atom. The van der Waals surface area contributed by atoms with Crippen LogP contribution in [-0.4, -0.2) is 53.0 Å². The number of aliphatic hydroxyl groups is 1. The van der Waals surface area contributed by atoms with Crippen molar-refractivity contribution in [3.8, 4) is 0 Å². The van der Waals surface area contributed by atoms with E-state index in [1.807, 2.05) is 0 Å². The maximum Gasteiger partial charge on any atom is 0.269 e. The molecule has 24 heavy (non-hydrogen) atoms. The molecule has 0 spiro atoms. The van der Waals surface area contributed by atoms with E-state index in [1.165, 1.54) is 24.3 Å². The van der Waals surface area contributed by atoms with Gasteiger partial charge in [0.25, 0.3) is 11.6 Å². The lowest BCUT2D eigenvalue weighted by molar-refractivity contribution is -0.384. The number of nitro groups is 1. The molecule has 8 nitrogen and oxygen atoms in total. The molecule has 1 saturated heterocycles. The van der Waals surface area contributed by atoms with Gasteiger partial charge in [0.2, 0.25) is 5.91 Å². The van der Waals surface area contributed by atoms with Gasteiger partial charge in [-0.15, -0.1) is 0 Å². The van der Waals surface area contributed by atoms with Crippen LogP contribution in [0.15, 0.2) is 24.3 Å². The van der Waals surface area contributed by atoms with Crippen molar-refractivity contribution in [2.24, 2.45) is 5.92 Å². The van der Waals surface area contributed by atoms with Crippen LogP contribution in [0.2, 0.25) is 0 Å². The molecule has 130 valence electrons. The first-order valence-corrected chi connectivity index (χ1v) is 7.95. The molecular weight excluding hydrogens is 314 g/mol. The van der Waals surface area contributed by atoms with Gasteiger partial charge in [0.1, 0.15) is 0 Å². The van der Waals surface area contributed by atoms with Crippen LogP contribution in [0.3, 0.4) is 0 Å². The van der Waals surface area contributed by atoms with E-state index in [9.17, 15) is 19.7 Å². The Kier molecular flexibility index (Phi) is 6.25. The predicted molar refractivity (Wildman–Crippen MR) is 86.4 cm³/mol. The summed E-state index contributed by atoms with van der Waals surface area (Å²) < 4.78 is 0. The van der Waals surface area contributed by atoms with Gasteiger partial charge in [-0.1, -0.05) is 0 Å². The summed E-state index contributed by atoms with van der Waals surface area (Å²) in [4.78, 5) is 36.2. The monoisotopic (exact) mass is 335 g/mol. The Morgan fingerprint density at radius 1 is 1.25 bits per heavy atom. The van der Waals surface area contributed by atoms with Crippen LogP contribution >= 0.6 is 0 Å². The second-order valence-electron chi connectivity index (χ2n) is 5.74. The Labute approximate surface area is 139 Å². The highest BCUT2D eigenvalue weighted by atomic mass is 16.6. The summed E-state index contributed by atoms with van der Waals surface area (Å²) in [6.07, 6.45) is 1.70. The first kappa shape index (κ1) is 17.9. The van der Waals surface area contributed by atoms with Crippen LogP contribution in [0.25, 0.3) is 0 Å². The number of hydrogen-bond donors (Lipinski definition) is 2. The zero-order valence-electron chi connectivity index (χ0n) is 13.3. The second kappa shape index (κ2) is 8.39. The van der Waals surface area contributed by atoms with Crippen molar-refractivity contribution in [1.29, 1.82) is 0 Å². The topological polar surface area (TPSA) is 113 Å². The SMILES string of the molecule is O=C(NCCCO)C1CCN(C(=O)c2ccc([N+](=O)[O-])cc2)CC1. The number of piperidine rings is 1. The van der Waals surface area contributed by atoms with Crippen LogP contribution in [0.1, 0.15) is 29.6 Å². The largest absolute Gasteiger partial charge is 0.396 e. The van der Waals surface area contributed by atoms with E-state index in [2.05, 4.69) is 5.32 Å². The van der Waals surface area contributed by atoms with Gasteiger partial charge in [-0.2, -0.15) is 0 Å². The van der Waals surface area contributed by atoms with Gasteiger partial charge in [-0.25, -0.2) is 0 Å². The summed E-state index contributed by atoms with van der Waals surface area (Å²) in [7, 11) is 0. The number of nitrogens with zero attached hydrogens (tertiary/aromatic N) is 2. The number of nitro benzene ring substituents is 1. The van der Waals surface area contributed by atoms with Gasteiger partial charge in [0, 0.05) is 49.9 Å². The average molecular weight is 335 g/mol. The summed E-state index contributed by atoms with van der Waals surface area (Å²) in [6.45, 7) is 1.46. The summed E-state index contributed by atoms with van der Waals surface area (Å²) in [5, 5.41) is 22.1. The Bertz CT molecular complexity index is 594. The molecule has 0 radical (unpaired) electrons. The summed E-state index contributed by atoms with van der Waals surface area (Å²) in [5.41, 5.74) is 0.358. The lowest BCUT2D eigenvalue weighted by Crippen LogP contribution is -2.43. The lowest BCUT2D eigenvalue weighted by atomic mass is 9.95. The quantitative estimate of drug-likeness (QED) is 0.456. The fourth-order valence-electron chi connectivity index (χ4n) is 2.69. The minimum atomic E-state index is -0.505. The molecule has 8 heteroatoms. The van der Waals surface area contributed by atoms with Crippen LogP contribution in [0.4, 0.5) is 5.69 Å². The van der Waals surface area contributed by atoms with Crippen molar-refractivity contribution in [2.75, 3.05) is 26.2 Å². The van der Waals surface area contributed by atoms with Gasteiger partial charge < -0.3 is 15.3 Å². The molecule has 0 aromatic heterocycles. The highest BCUT2D eigenvalue weighted by Crippen LogP contribution is 2.20. The number of benzene rings is 1. The van der Waals surface area contributed by atoms with Gasteiger partial charge in [0.15, 0.2) is 0 Å². The number of carbonyl (C=O) groups is 2. The number of rotatable bonds is 6. The number of likely N-dealkylation sites (tertiary alicyclic amines) is 1. The molecule has 1 aromatic rings. The minimum absolute atomic E-state index is 0.0362. The van der Waals surface area contributed by atoms with Crippen LogP contribution in [0, 0.1) is 16.0 Å². The standard InChI is InChI=1S/C16H21N3O5/c20-11-1-8-17-15(21)12-6-9-18(10-7-12)16(22)13-2-4-14(5-3-13)19(23)24/h2-5,12,20H,1,6-11H2,(H,17,21). The molecule has 2 amide bonds. The molecule has 0 unspecified atom stereocenters. The third-order valence-corrected chi connectivity index (χ3v) is 4.11. The van der Waals surface area contributed by atoms with Gasteiger partial charge >= 0.3 is 0 Å². The second-order valence-corrected chi connectivity index (χ2v) is 5.74. The van der Waals surface area contributed by atoms with E-state index in [-0.39, 0.29) is 30.0 Å². The van der Waals surface area contributed by atoms with Gasteiger partial charge in [-0.05, 0) is 31.4 Å². The van der Waals surface area contributed by atoms with Crippen molar-refractivity contribution in [3.05, 3.63) is 39.9 Å². The molecule has 0 saturated carbocycles. The number of carbonyl (C=O) groups excluding carboxylic acids is 2. The smallest absolute Gasteiger partial charge is 0.269 e. The molecule has 1 aliphatic heterocycles. The number of nitrogens with one attached hydrogen (secondary N) is 1. The Morgan fingerprint density at radius 3 is 2.42 bits per heavy atom. The van der Waals surface area contributed by atoms with Crippen molar-refractivity contribution in [3.63, 3.8) is 0 Å². The molecule has 1 fully saturated rings. The van der Waals surface area contributed by atoms with Crippen LogP contribution in [0.5, 0.6) is 0 Å². The molecule has 1 heterocycles. The zero-order chi connectivity index (χ0) is 17.5. The van der Waals surface area contributed by atoms with E-state index >= 15 is 0 Å². The van der Waals surface area contributed by atoms with E-state index in [0.717, 1.165) is 0 Å². The predicted octanol–water partition coefficient (Wildman–Crippen LogP) is 0.946. The molecule has 1 aliphatic rings. The molecule has 2 N–H and O–H groups in total. The molecule has 0 aliphatic carbocycles. The third kappa shape index (κ3) is 4.51. The van der Waals surface area contributed by atoms with Gasteiger partial charge in [0.05, 0.1) is 4.92 Å². The van der Waals surface area contributed by atoms with Crippen LogP contribution < -0.4 is 5.32 Å². The molecule has 0 atom stereocenters.